The van der Waals surface area contributed by atoms with E-state index in [1.165, 1.54) is 30.6 Å². The lowest BCUT2D eigenvalue weighted by atomic mass is 9.96. The lowest BCUT2D eigenvalue weighted by Gasteiger charge is -2.23. The number of carbonyl (C=O) groups excluding carboxylic acids is 1. The summed E-state index contributed by atoms with van der Waals surface area (Å²) in [4.78, 5) is 13.3. The highest BCUT2D eigenvalue weighted by Gasteiger charge is 2.34. The van der Waals surface area contributed by atoms with E-state index in [0.717, 1.165) is 12.8 Å². The van der Waals surface area contributed by atoms with Crippen molar-refractivity contribution < 1.29 is 4.79 Å². The lowest BCUT2D eigenvalue weighted by Crippen LogP contribution is -2.33. The summed E-state index contributed by atoms with van der Waals surface area (Å²) in [5, 5.41) is 5.41. The summed E-state index contributed by atoms with van der Waals surface area (Å²) in [6, 6.07) is 4.54. The van der Waals surface area contributed by atoms with Crippen LogP contribution in [0.15, 0.2) is 17.5 Å². The molecule has 0 aliphatic heterocycles. The van der Waals surface area contributed by atoms with E-state index in [1.54, 1.807) is 11.3 Å². The zero-order valence-corrected chi connectivity index (χ0v) is 10.8. The quantitative estimate of drug-likeness (QED) is 0.869. The molecular weight excluding hydrogens is 230 g/mol. The number of hydrogen-bond acceptors (Lipinski definition) is 2. The Kier molecular flexibility index (Phi) is 3.19. The molecular formula is C14H19NOS. The van der Waals surface area contributed by atoms with E-state index >= 15 is 0 Å². The van der Waals surface area contributed by atoms with Gasteiger partial charge in [-0.1, -0.05) is 18.9 Å². The molecule has 2 aliphatic carbocycles. The third kappa shape index (κ3) is 2.54. The standard InChI is InChI=1S/C14H19NOS/c16-14(11-7-8-11)15-13(10-4-1-2-5-10)12-6-3-9-17-12/h3,6,9-11,13H,1-2,4-5,7-8H2,(H,15,16)/t13-/m1/s1. The molecule has 3 rings (SSSR count). The second kappa shape index (κ2) is 4.81. The highest BCUT2D eigenvalue weighted by molar-refractivity contribution is 7.10. The van der Waals surface area contributed by atoms with Crippen molar-refractivity contribution in [1.82, 2.24) is 5.32 Å². The topological polar surface area (TPSA) is 29.1 Å². The third-order valence-corrected chi connectivity index (χ3v) is 4.92. The summed E-state index contributed by atoms with van der Waals surface area (Å²) in [5.74, 6) is 1.27. The second-order valence-electron chi connectivity index (χ2n) is 5.32. The van der Waals surface area contributed by atoms with Gasteiger partial charge in [-0.25, -0.2) is 0 Å². The lowest BCUT2D eigenvalue weighted by molar-refractivity contribution is -0.123. The van der Waals surface area contributed by atoms with Crippen molar-refractivity contribution in [2.45, 2.75) is 44.6 Å². The second-order valence-corrected chi connectivity index (χ2v) is 6.30. The minimum absolute atomic E-state index is 0.283. The zero-order valence-electron chi connectivity index (χ0n) is 10.0. The Balaban J connectivity index is 1.73. The van der Waals surface area contributed by atoms with Gasteiger partial charge in [-0.3, -0.25) is 4.79 Å². The molecule has 92 valence electrons. The molecule has 1 aromatic heterocycles. The number of hydrogen-bond donors (Lipinski definition) is 1. The monoisotopic (exact) mass is 249 g/mol. The van der Waals surface area contributed by atoms with E-state index in [4.69, 9.17) is 0 Å². The van der Waals surface area contributed by atoms with Crippen LogP contribution in [0.2, 0.25) is 0 Å². The van der Waals surface area contributed by atoms with Crippen molar-refractivity contribution >= 4 is 17.2 Å². The Morgan fingerprint density at radius 1 is 1.29 bits per heavy atom. The van der Waals surface area contributed by atoms with Crippen molar-refractivity contribution in [2.75, 3.05) is 0 Å². The van der Waals surface area contributed by atoms with Crippen LogP contribution in [0.1, 0.15) is 49.4 Å². The molecule has 1 atom stereocenters. The number of rotatable bonds is 4. The molecule has 1 amide bonds. The zero-order chi connectivity index (χ0) is 11.7. The Morgan fingerprint density at radius 2 is 2.06 bits per heavy atom. The number of carbonyl (C=O) groups is 1. The molecule has 2 fully saturated rings. The van der Waals surface area contributed by atoms with E-state index in [-0.39, 0.29) is 11.9 Å². The fourth-order valence-electron chi connectivity index (χ4n) is 2.80. The van der Waals surface area contributed by atoms with E-state index in [1.807, 2.05) is 0 Å². The summed E-state index contributed by atoms with van der Waals surface area (Å²) in [7, 11) is 0. The molecule has 1 heterocycles. The molecule has 2 saturated carbocycles. The van der Waals surface area contributed by atoms with Gasteiger partial charge in [-0.2, -0.15) is 0 Å². The maximum absolute atomic E-state index is 12.0. The van der Waals surface area contributed by atoms with Gasteiger partial charge in [-0.15, -0.1) is 11.3 Å². The summed E-state index contributed by atoms with van der Waals surface area (Å²) < 4.78 is 0. The molecule has 2 nitrogen and oxygen atoms in total. The molecule has 1 N–H and O–H groups in total. The molecule has 3 heteroatoms. The largest absolute Gasteiger partial charge is 0.348 e. The van der Waals surface area contributed by atoms with Crippen molar-refractivity contribution in [2.24, 2.45) is 11.8 Å². The minimum Gasteiger partial charge on any atom is -0.348 e. The maximum Gasteiger partial charge on any atom is 0.223 e. The van der Waals surface area contributed by atoms with Gasteiger partial charge in [0, 0.05) is 10.8 Å². The van der Waals surface area contributed by atoms with Gasteiger partial charge in [0.1, 0.15) is 0 Å². The van der Waals surface area contributed by atoms with Gasteiger partial charge in [0.2, 0.25) is 5.91 Å². The molecule has 17 heavy (non-hydrogen) atoms. The van der Waals surface area contributed by atoms with Gasteiger partial charge < -0.3 is 5.32 Å². The first kappa shape index (κ1) is 11.3. The van der Waals surface area contributed by atoms with Crippen molar-refractivity contribution in [3.05, 3.63) is 22.4 Å². The molecule has 0 spiro atoms. The van der Waals surface area contributed by atoms with Gasteiger partial charge in [0.15, 0.2) is 0 Å². The Morgan fingerprint density at radius 3 is 2.65 bits per heavy atom. The van der Waals surface area contributed by atoms with Crippen molar-refractivity contribution in [3.63, 3.8) is 0 Å². The van der Waals surface area contributed by atoms with E-state index in [2.05, 4.69) is 22.8 Å². The first-order valence-corrected chi connectivity index (χ1v) is 7.56. The molecule has 0 radical (unpaired) electrons. The van der Waals surface area contributed by atoms with Gasteiger partial charge in [0.25, 0.3) is 0 Å². The van der Waals surface area contributed by atoms with E-state index in [0.29, 0.717) is 11.8 Å². The van der Waals surface area contributed by atoms with Crippen LogP contribution >= 0.6 is 11.3 Å². The molecule has 0 aromatic carbocycles. The number of thiophene rings is 1. The fourth-order valence-corrected chi connectivity index (χ4v) is 3.67. The molecule has 0 saturated heterocycles. The first-order chi connectivity index (χ1) is 8.34. The van der Waals surface area contributed by atoms with Crippen LogP contribution in [0, 0.1) is 11.8 Å². The normalized spacial score (nSPS) is 22.6. The number of nitrogens with one attached hydrogen (secondary N) is 1. The summed E-state index contributed by atoms with van der Waals surface area (Å²) in [6.45, 7) is 0. The molecule has 0 bridgehead atoms. The van der Waals surface area contributed by atoms with Crippen LogP contribution in [-0.4, -0.2) is 5.91 Å². The van der Waals surface area contributed by atoms with E-state index in [9.17, 15) is 4.79 Å². The Labute approximate surface area is 106 Å². The predicted molar refractivity (Wildman–Crippen MR) is 69.9 cm³/mol. The minimum atomic E-state index is 0.283. The smallest absolute Gasteiger partial charge is 0.223 e. The van der Waals surface area contributed by atoms with Crippen molar-refractivity contribution in [3.8, 4) is 0 Å². The first-order valence-electron chi connectivity index (χ1n) is 6.68. The number of amides is 1. The Bertz CT molecular complexity index is 377. The van der Waals surface area contributed by atoms with Crippen LogP contribution in [0.5, 0.6) is 0 Å². The average molecular weight is 249 g/mol. The van der Waals surface area contributed by atoms with Crippen molar-refractivity contribution in [1.29, 1.82) is 0 Å². The summed E-state index contributed by atoms with van der Waals surface area (Å²) >= 11 is 1.78. The highest BCUT2D eigenvalue weighted by Crippen LogP contribution is 2.38. The Hall–Kier alpha value is -0.830. The SMILES string of the molecule is O=C(N[C@@H](c1cccs1)C1CCCC1)C1CC1. The molecule has 0 unspecified atom stereocenters. The van der Waals surface area contributed by atoms with Crippen LogP contribution in [-0.2, 0) is 4.79 Å². The van der Waals surface area contributed by atoms with Crippen LogP contribution < -0.4 is 5.32 Å². The van der Waals surface area contributed by atoms with Gasteiger partial charge in [-0.05, 0) is 43.0 Å². The molecule has 2 aliphatic rings. The predicted octanol–water partition coefficient (Wildman–Crippen LogP) is 3.51. The average Bonchev–Trinajstić information content (AvgIpc) is 2.84. The molecule has 1 aromatic rings. The van der Waals surface area contributed by atoms with Gasteiger partial charge in [0.05, 0.1) is 6.04 Å². The van der Waals surface area contributed by atoms with E-state index < -0.39 is 0 Å². The summed E-state index contributed by atoms with van der Waals surface area (Å²) in [5.41, 5.74) is 0. The van der Waals surface area contributed by atoms with Crippen LogP contribution in [0.25, 0.3) is 0 Å². The maximum atomic E-state index is 12.0. The summed E-state index contributed by atoms with van der Waals surface area (Å²) in [6.07, 6.45) is 7.38. The highest BCUT2D eigenvalue weighted by atomic mass is 32.1. The van der Waals surface area contributed by atoms with Crippen LogP contribution in [0.3, 0.4) is 0 Å². The van der Waals surface area contributed by atoms with Crippen LogP contribution in [0.4, 0.5) is 0 Å². The third-order valence-electron chi connectivity index (χ3n) is 3.97. The fraction of sp³-hybridized carbons (Fsp3) is 0.643. The van der Waals surface area contributed by atoms with Gasteiger partial charge >= 0.3 is 0 Å².